The summed E-state index contributed by atoms with van der Waals surface area (Å²) >= 11 is 0. The highest BCUT2D eigenvalue weighted by Crippen LogP contribution is 2.28. The first-order chi connectivity index (χ1) is 12.8. The SMILES string of the molecule is CCOc1ccc(C(=O)N(C)C)cc1NC(=O)C(C)C(N)c1ccccc1.Cl. The third kappa shape index (κ3) is 5.71. The van der Waals surface area contributed by atoms with Crippen molar-refractivity contribution in [3.8, 4) is 5.75 Å². The molecular weight excluding hydrogens is 378 g/mol. The summed E-state index contributed by atoms with van der Waals surface area (Å²) in [5.74, 6) is -0.332. The molecule has 2 aromatic rings. The Kier molecular flexibility index (Phi) is 8.96. The summed E-state index contributed by atoms with van der Waals surface area (Å²) in [5.41, 5.74) is 8.08. The molecule has 2 rings (SSSR count). The van der Waals surface area contributed by atoms with Gasteiger partial charge in [-0.05, 0) is 30.7 Å². The van der Waals surface area contributed by atoms with Crippen LogP contribution in [0.4, 0.5) is 5.69 Å². The predicted molar refractivity (Wildman–Crippen MR) is 114 cm³/mol. The third-order valence-electron chi connectivity index (χ3n) is 4.33. The Morgan fingerprint density at radius 3 is 2.36 bits per heavy atom. The maximum atomic E-state index is 12.8. The van der Waals surface area contributed by atoms with Crippen molar-refractivity contribution in [2.75, 3.05) is 26.0 Å². The molecule has 0 heterocycles. The highest BCUT2D eigenvalue weighted by Gasteiger charge is 2.23. The lowest BCUT2D eigenvalue weighted by molar-refractivity contribution is -0.120. The molecule has 3 N–H and O–H groups in total. The second kappa shape index (κ2) is 10.7. The molecule has 0 fully saturated rings. The lowest BCUT2D eigenvalue weighted by atomic mass is 9.94. The molecule has 0 aliphatic rings. The van der Waals surface area contributed by atoms with Gasteiger partial charge in [0.1, 0.15) is 5.75 Å². The number of hydrogen-bond donors (Lipinski definition) is 2. The number of nitrogens with one attached hydrogen (secondary N) is 1. The maximum absolute atomic E-state index is 12.8. The van der Waals surface area contributed by atoms with E-state index in [2.05, 4.69) is 5.32 Å². The number of halogens is 1. The van der Waals surface area contributed by atoms with Crippen molar-refractivity contribution in [2.24, 2.45) is 11.7 Å². The Bertz CT molecular complexity index is 797. The van der Waals surface area contributed by atoms with Crippen molar-refractivity contribution in [1.29, 1.82) is 0 Å². The average molecular weight is 406 g/mol. The summed E-state index contributed by atoms with van der Waals surface area (Å²) in [5, 5.41) is 2.87. The minimum absolute atomic E-state index is 0. The molecule has 0 aliphatic heterocycles. The standard InChI is InChI=1S/C21H27N3O3.ClH/c1-5-27-18-12-11-16(21(26)24(3)4)13-17(18)23-20(25)14(2)19(22)15-9-7-6-8-10-15;/h6-14,19H,5,22H2,1-4H3,(H,23,25);1H. The van der Waals surface area contributed by atoms with Crippen LogP contribution in [0.3, 0.4) is 0 Å². The highest BCUT2D eigenvalue weighted by atomic mass is 35.5. The molecule has 2 unspecified atom stereocenters. The molecule has 152 valence electrons. The first kappa shape index (κ1) is 23.5. The summed E-state index contributed by atoms with van der Waals surface area (Å²) in [7, 11) is 3.36. The van der Waals surface area contributed by atoms with Crippen LogP contribution in [0.25, 0.3) is 0 Å². The van der Waals surface area contributed by atoms with Crippen LogP contribution in [0.2, 0.25) is 0 Å². The van der Waals surface area contributed by atoms with E-state index in [1.54, 1.807) is 39.2 Å². The van der Waals surface area contributed by atoms with Gasteiger partial charge in [-0.15, -0.1) is 12.4 Å². The zero-order valence-corrected chi connectivity index (χ0v) is 17.5. The highest BCUT2D eigenvalue weighted by molar-refractivity contribution is 5.98. The summed E-state index contributed by atoms with van der Waals surface area (Å²) < 4.78 is 5.59. The van der Waals surface area contributed by atoms with Crippen molar-refractivity contribution in [1.82, 2.24) is 4.90 Å². The minimum atomic E-state index is -0.463. The van der Waals surface area contributed by atoms with Gasteiger partial charge >= 0.3 is 0 Å². The van der Waals surface area contributed by atoms with Gasteiger partial charge in [0, 0.05) is 25.7 Å². The zero-order chi connectivity index (χ0) is 20.0. The summed E-state index contributed by atoms with van der Waals surface area (Å²) in [6.07, 6.45) is 0. The molecular formula is C21H28ClN3O3. The van der Waals surface area contributed by atoms with Crippen LogP contribution in [-0.4, -0.2) is 37.4 Å². The number of benzene rings is 2. The maximum Gasteiger partial charge on any atom is 0.253 e. The van der Waals surface area contributed by atoms with E-state index in [1.165, 1.54) is 4.90 Å². The molecule has 6 nitrogen and oxygen atoms in total. The number of nitrogens with zero attached hydrogens (tertiary/aromatic N) is 1. The van der Waals surface area contributed by atoms with Crippen molar-refractivity contribution < 1.29 is 14.3 Å². The van der Waals surface area contributed by atoms with Gasteiger partial charge in [0.2, 0.25) is 5.91 Å². The molecule has 2 aromatic carbocycles. The Hall–Kier alpha value is -2.57. The lowest BCUT2D eigenvalue weighted by Crippen LogP contribution is -2.30. The normalized spacial score (nSPS) is 12.3. The number of carbonyl (C=O) groups excluding carboxylic acids is 2. The second-order valence-electron chi connectivity index (χ2n) is 6.56. The van der Waals surface area contributed by atoms with Crippen LogP contribution >= 0.6 is 12.4 Å². The Labute approximate surface area is 172 Å². The van der Waals surface area contributed by atoms with Crippen LogP contribution in [0, 0.1) is 5.92 Å². The molecule has 7 heteroatoms. The minimum Gasteiger partial charge on any atom is -0.492 e. The quantitative estimate of drug-likeness (QED) is 0.738. The Balaban J connectivity index is 0.00000392. The number of carbonyl (C=O) groups is 2. The fraction of sp³-hybridized carbons (Fsp3) is 0.333. The molecule has 0 radical (unpaired) electrons. The topological polar surface area (TPSA) is 84.7 Å². The van der Waals surface area contributed by atoms with E-state index >= 15 is 0 Å². The fourth-order valence-electron chi connectivity index (χ4n) is 2.67. The Morgan fingerprint density at radius 2 is 1.79 bits per heavy atom. The monoisotopic (exact) mass is 405 g/mol. The van der Waals surface area contributed by atoms with E-state index in [0.717, 1.165) is 5.56 Å². The fourth-order valence-corrected chi connectivity index (χ4v) is 2.67. The predicted octanol–water partition coefficient (Wildman–Crippen LogP) is 3.48. The smallest absolute Gasteiger partial charge is 0.253 e. The van der Waals surface area contributed by atoms with E-state index < -0.39 is 12.0 Å². The van der Waals surface area contributed by atoms with Crippen molar-refractivity contribution in [3.05, 3.63) is 59.7 Å². The summed E-state index contributed by atoms with van der Waals surface area (Å²) in [4.78, 5) is 26.5. The second-order valence-corrected chi connectivity index (χ2v) is 6.56. The van der Waals surface area contributed by atoms with Gasteiger partial charge in [-0.1, -0.05) is 37.3 Å². The largest absolute Gasteiger partial charge is 0.492 e. The molecule has 28 heavy (non-hydrogen) atoms. The van der Waals surface area contributed by atoms with Crippen LogP contribution < -0.4 is 15.8 Å². The molecule has 0 aliphatic carbocycles. The van der Waals surface area contributed by atoms with Crippen LogP contribution in [0.1, 0.15) is 35.8 Å². The zero-order valence-electron chi connectivity index (χ0n) is 16.6. The molecule has 0 saturated heterocycles. The van der Waals surface area contributed by atoms with Crippen LogP contribution in [0.15, 0.2) is 48.5 Å². The number of rotatable bonds is 7. The number of hydrogen-bond acceptors (Lipinski definition) is 4. The third-order valence-corrected chi connectivity index (χ3v) is 4.33. The van der Waals surface area contributed by atoms with E-state index in [0.29, 0.717) is 23.6 Å². The first-order valence-electron chi connectivity index (χ1n) is 8.95. The first-order valence-corrected chi connectivity index (χ1v) is 8.95. The number of nitrogens with two attached hydrogens (primary N) is 1. The molecule has 0 bridgehead atoms. The average Bonchev–Trinajstić information content (AvgIpc) is 2.68. The number of amides is 2. The van der Waals surface area contributed by atoms with E-state index in [1.807, 2.05) is 37.3 Å². The van der Waals surface area contributed by atoms with Gasteiger partial charge in [0.25, 0.3) is 5.91 Å². The summed E-state index contributed by atoms with van der Waals surface area (Å²) in [6, 6.07) is 14.1. The van der Waals surface area contributed by atoms with Gasteiger partial charge < -0.3 is 20.7 Å². The molecule has 2 atom stereocenters. The van der Waals surface area contributed by atoms with Crippen molar-refractivity contribution >= 4 is 29.9 Å². The van der Waals surface area contributed by atoms with Gasteiger partial charge in [0.05, 0.1) is 18.2 Å². The Morgan fingerprint density at radius 1 is 1.14 bits per heavy atom. The number of ether oxygens (including phenoxy) is 1. The van der Waals surface area contributed by atoms with Crippen molar-refractivity contribution in [3.63, 3.8) is 0 Å². The van der Waals surface area contributed by atoms with Gasteiger partial charge in [0.15, 0.2) is 0 Å². The molecule has 2 amide bonds. The molecule has 0 saturated carbocycles. The molecule has 0 spiro atoms. The van der Waals surface area contributed by atoms with Gasteiger partial charge in [-0.25, -0.2) is 0 Å². The van der Waals surface area contributed by atoms with Crippen LogP contribution in [-0.2, 0) is 4.79 Å². The van der Waals surface area contributed by atoms with E-state index in [9.17, 15) is 9.59 Å². The van der Waals surface area contributed by atoms with Gasteiger partial charge in [-0.2, -0.15) is 0 Å². The van der Waals surface area contributed by atoms with Gasteiger partial charge in [-0.3, -0.25) is 9.59 Å². The molecule has 0 aromatic heterocycles. The van der Waals surface area contributed by atoms with Crippen molar-refractivity contribution in [2.45, 2.75) is 19.9 Å². The van der Waals surface area contributed by atoms with E-state index in [-0.39, 0.29) is 24.2 Å². The lowest BCUT2D eigenvalue weighted by Gasteiger charge is -2.21. The van der Waals surface area contributed by atoms with E-state index in [4.69, 9.17) is 10.5 Å². The summed E-state index contributed by atoms with van der Waals surface area (Å²) in [6.45, 7) is 4.09. The number of anilines is 1. The van der Waals surface area contributed by atoms with Crippen LogP contribution in [0.5, 0.6) is 5.75 Å².